The van der Waals surface area contributed by atoms with Crippen molar-refractivity contribution in [2.24, 2.45) is 5.92 Å². The molecule has 3 rings (SSSR count). The normalized spacial score (nSPS) is 15.6. The lowest BCUT2D eigenvalue weighted by atomic mass is 9.98. The van der Waals surface area contributed by atoms with Gasteiger partial charge in [-0.2, -0.15) is 4.31 Å². The van der Waals surface area contributed by atoms with Crippen LogP contribution in [0, 0.1) is 26.7 Å². The van der Waals surface area contributed by atoms with Crippen LogP contribution in [-0.2, 0) is 21.2 Å². The molecule has 2 heterocycles. The van der Waals surface area contributed by atoms with E-state index in [1.54, 1.807) is 12.1 Å². The quantitative estimate of drug-likeness (QED) is 0.666. The summed E-state index contributed by atoms with van der Waals surface area (Å²) in [6, 6.07) is 6.95. The van der Waals surface area contributed by atoms with Crippen LogP contribution < -0.4 is 10.9 Å². The van der Waals surface area contributed by atoms with Crippen LogP contribution in [0.2, 0.25) is 0 Å². The predicted molar refractivity (Wildman–Crippen MR) is 121 cm³/mol. The number of aryl methyl sites for hydroxylation is 4. The number of carbonyl (C=O) groups is 2. The zero-order valence-electron chi connectivity index (χ0n) is 18.3. The fourth-order valence-electron chi connectivity index (χ4n) is 3.65. The number of hydrogen-bond donors (Lipinski definition) is 2. The Balaban J connectivity index is 1.54. The van der Waals surface area contributed by atoms with E-state index in [0.717, 1.165) is 28.0 Å². The van der Waals surface area contributed by atoms with Crippen LogP contribution in [0.4, 0.5) is 0 Å². The summed E-state index contributed by atoms with van der Waals surface area (Å²) in [6.45, 7) is 8.37. The first-order valence-corrected chi connectivity index (χ1v) is 12.7. The second-order valence-electron chi connectivity index (χ2n) is 7.94. The average molecular weight is 464 g/mol. The molecule has 0 radical (unpaired) electrons. The summed E-state index contributed by atoms with van der Waals surface area (Å²) in [7, 11) is -3.58. The maximum absolute atomic E-state index is 12.9. The first-order chi connectivity index (χ1) is 14.6. The van der Waals surface area contributed by atoms with Gasteiger partial charge in [0, 0.05) is 23.9 Å². The number of hydrazine groups is 1. The second-order valence-corrected chi connectivity index (χ2v) is 11.0. The molecule has 0 unspecified atom stereocenters. The molecule has 1 fully saturated rings. The van der Waals surface area contributed by atoms with Gasteiger partial charge in [0.1, 0.15) is 0 Å². The Kier molecular flexibility index (Phi) is 7.18. The van der Waals surface area contributed by atoms with Crippen LogP contribution in [0.25, 0.3) is 0 Å². The van der Waals surface area contributed by atoms with Crippen molar-refractivity contribution in [1.29, 1.82) is 0 Å². The summed E-state index contributed by atoms with van der Waals surface area (Å²) in [5, 5.41) is 0. The molecule has 31 heavy (non-hydrogen) atoms. The zero-order valence-corrected chi connectivity index (χ0v) is 20.0. The van der Waals surface area contributed by atoms with Gasteiger partial charge in [0.05, 0.1) is 9.77 Å². The highest BCUT2D eigenvalue weighted by atomic mass is 32.2. The minimum absolute atomic E-state index is 0.269. The van der Waals surface area contributed by atoms with Gasteiger partial charge in [0.15, 0.2) is 0 Å². The molecule has 0 saturated carbocycles. The maximum atomic E-state index is 12.9. The van der Waals surface area contributed by atoms with Crippen molar-refractivity contribution in [3.8, 4) is 0 Å². The third-order valence-electron chi connectivity index (χ3n) is 5.81. The van der Waals surface area contributed by atoms with Gasteiger partial charge in [0.25, 0.3) is 5.91 Å². The molecular weight excluding hydrogens is 434 g/mol. The van der Waals surface area contributed by atoms with Crippen molar-refractivity contribution in [1.82, 2.24) is 15.2 Å². The highest BCUT2D eigenvalue weighted by Crippen LogP contribution is 2.25. The molecule has 168 valence electrons. The number of sulfonamides is 1. The molecule has 2 amide bonds. The number of hydrogen-bond acceptors (Lipinski definition) is 5. The van der Waals surface area contributed by atoms with Crippen LogP contribution in [-0.4, -0.2) is 37.6 Å². The third-order valence-corrected chi connectivity index (χ3v) is 9.08. The van der Waals surface area contributed by atoms with Crippen LogP contribution >= 0.6 is 11.3 Å². The van der Waals surface area contributed by atoms with Crippen LogP contribution in [0.15, 0.2) is 29.2 Å². The van der Waals surface area contributed by atoms with Crippen molar-refractivity contribution >= 4 is 33.2 Å². The summed E-state index contributed by atoms with van der Waals surface area (Å²) in [5.41, 5.74) is 8.02. The van der Waals surface area contributed by atoms with Crippen molar-refractivity contribution in [2.75, 3.05) is 13.1 Å². The Morgan fingerprint density at radius 3 is 2.29 bits per heavy atom. The largest absolute Gasteiger partial charge is 0.279 e. The molecule has 0 atom stereocenters. The summed E-state index contributed by atoms with van der Waals surface area (Å²) in [6.07, 6.45) is 1.67. The Morgan fingerprint density at radius 2 is 1.71 bits per heavy atom. The molecule has 1 saturated heterocycles. The van der Waals surface area contributed by atoms with E-state index >= 15 is 0 Å². The summed E-state index contributed by atoms with van der Waals surface area (Å²) in [5.74, 6) is -0.973. The predicted octanol–water partition coefficient (Wildman–Crippen LogP) is 3.10. The fourth-order valence-corrected chi connectivity index (χ4v) is 6.21. The lowest BCUT2D eigenvalue weighted by molar-refractivity contribution is -0.126. The van der Waals surface area contributed by atoms with Gasteiger partial charge in [0.2, 0.25) is 15.9 Å². The van der Waals surface area contributed by atoms with Crippen molar-refractivity contribution in [2.45, 2.75) is 51.9 Å². The number of thiophene rings is 1. The molecule has 0 aliphatic carbocycles. The number of rotatable bonds is 5. The Labute approximate surface area is 187 Å². The topological polar surface area (TPSA) is 95.6 Å². The van der Waals surface area contributed by atoms with Crippen molar-refractivity contribution in [3.63, 3.8) is 0 Å². The molecule has 7 nitrogen and oxygen atoms in total. The SMILES string of the molecule is CCc1sc(C(=O)NNC(=O)C2CCN(S(=O)(=O)c3ccc(C)c(C)c3)CC2)cc1C. The molecular formula is C22H29N3O4S2. The molecule has 9 heteroatoms. The van der Waals surface area contributed by atoms with Gasteiger partial charge in [-0.25, -0.2) is 8.42 Å². The molecule has 0 spiro atoms. The second kappa shape index (κ2) is 9.50. The van der Waals surface area contributed by atoms with E-state index in [1.165, 1.54) is 15.6 Å². The Bertz CT molecular complexity index is 1080. The molecule has 0 bridgehead atoms. The smallest absolute Gasteiger partial charge is 0.273 e. The van der Waals surface area contributed by atoms with E-state index in [1.807, 2.05) is 39.8 Å². The lowest BCUT2D eigenvalue weighted by Gasteiger charge is -2.30. The fraction of sp³-hybridized carbons (Fsp3) is 0.455. The maximum Gasteiger partial charge on any atom is 0.279 e. The Morgan fingerprint density at radius 1 is 1.03 bits per heavy atom. The molecule has 2 aromatic rings. The van der Waals surface area contributed by atoms with E-state index in [4.69, 9.17) is 0 Å². The van der Waals surface area contributed by atoms with E-state index in [2.05, 4.69) is 10.9 Å². The van der Waals surface area contributed by atoms with Gasteiger partial charge < -0.3 is 0 Å². The standard InChI is InChI=1S/C22H29N3O4S2/c1-5-19-16(4)13-20(30-19)22(27)24-23-21(26)17-8-10-25(11-9-17)31(28,29)18-7-6-14(2)15(3)12-18/h6-7,12-13,17H,5,8-11H2,1-4H3,(H,23,26)(H,24,27). The number of benzene rings is 1. The minimum atomic E-state index is -3.58. The highest BCUT2D eigenvalue weighted by molar-refractivity contribution is 7.89. The van der Waals surface area contributed by atoms with Gasteiger partial charge >= 0.3 is 0 Å². The average Bonchev–Trinajstić information content (AvgIpc) is 3.14. The van der Waals surface area contributed by atoms with Crippen LogP contribution in [0.1, 0.15) is 51.0 Å². The third kappa shape index (κ3) is 5.16. The lowest BCUT2D eigenvalue weighted by Crippen LogP contribution is -2.48. The molecule has 1 aliphatic heterocycles. The van der Waals surface area contributed by atoms with E-state index < -0.39 is 10.0 Å². The van der Waals surface area contributed by atoms with Crippen molar-refractivity contribution in [3.05, 3.63) is 50.7 Å². The zero-order chi connectivity index (χ0) is 22.8. The van der Waals surface area contributed by atoms with Gasteiger partial charge in [-0.1, -0.05) is 13.0 Å². The number of nitrogens with one attached hydrogen (secondary N) is 2. The van der Waals surface area contributed by atoms with Crippen LogP contribution in [0.5, 0.6) is 0 Å². The highest BCUT2D eigenvalue weighted by Gasteiger charge is 2.32. The van der Waals surface area contributed by atoms with E-state index in [9.17, 15) is 18.0 Å². The first-order valence-electron chi connectivity index (χ1n) is 10.4. The van der Waals surface area contributed by atoms with Crippen molar-refractivity contribution < 1.29 is 18.0 Å². The number of amides is 2. The number of nitrogens with zero attached hydrogens (tertiary/aromatic N) is 1. The molecule has 1 aromatic carbocycles. The molecule has 1 aliphatic rings. The van der Waals surface area contributed by atoms with Gasteiger partial charge in [-0.3, -0.25) is 20.4 Å². The number of piperidine rings is 1. The van der Waals surface area contributed by atoms with Crippen LogP contribution in [0.3, 0.4) is 0 Å². The van der Waals surface area contributed by atoms with Gasteiger partial charge in [-0.15, -0.1) is 11.3 Å². The van der Waals surface area contributed by atoms with E-state index in [0.29, 0.717) is 17.7 Å². The molecule has 2 N–H and O–H groups in total. The minimum Gasteiger partial charge on any atom is -0.273 e. The monoisotopic (exact) mass is 463 g/mol. The summed E-state index contributed by atoms with van der Waals surface area (Å²) in [4.78, 5) is 26.8. The Hall–Kier alpha value is -2.23. The molecule has 1 aromatic heterocycles. The first kappa shape index (κ1) is 23.4. The van der Waals surface area contributed by atoms with Gasteiger partial charge in [-0.05, 0) is 74.9 Å². The summed E-state index contributed by atoms with van der Waals surface area (Å²) < 4.78 is 27.3. The van der Waals surface area contributed by atoms with E-state index in [-0.39, 0.29) is 35.7 Å². The summed E-state index contributed by atoms with van der Waals surface area (Å²) >= 11 is 1.42. The number of carbonyl (C=O) groups excluding carboxylic acids is 2.